The maximum atomic E-state index is 11.7. The summed E-state index contributed by atoms with van der Waals surface area (Å²) in [6.45, 7) is 0. The minimum absolute atomic E-state index is 1.20. The molecule has 0 aliphatic carbocycles. The second-order valence-electron chi connectivity index (χ2n) is 4.54. The van der Waals surface area contributed by atoms with E-state index in [-0.39, 0.29) is 0 Å². The van der Waals surface area contributed by atoms with Gasteiger partial charge in [0.05, 0.1) is 19.3 Å². The largest absolute Gasteiger partial charge is 0.481 e. The predicted octanol–water partition coefficient (Wildman–Crippen LogP) is -1.74. The van der Waals surface area contributed by atoms with Crippen LogP contribution in [0.25, 0.3) is 0 Å². The molecule has 15 heteroatoms. The summed E-state index contributed by atoms with van der Waals surface area (Å²) in [6, 6.07) is 0. The molecule has 0 aliphatic heterocycles. The first-order valence-electron chi connectivity index (χ1n) is 6.04. The monoisotopic (exact) mass is 388 g/mol. The van der Waals surface area contributed by atoms with Gasteiger partial charge in [-0.2, -0.15) is 0 Å². The van der Waals surface area contributed by atoms with Crippen molar-refractivity contribution in [1.82, 2.24) is 0 Å². The molecule has 2 unspecified atom stereocenters. The zero-order valence-electron chi connectivity index (χ0n) is 12.1. The highest BCUT2D eigenvalue weighted by Crippen LogP contribution is 2.44. The number of carbonyl (C=O) groups excluding carboxylic acids is 1. The van der Waals surface area contributed by atoms with Gasteiger partial charge in [0.25, 0.3) is 0 Å². The summed E-state index contributed by atoms with van der Waals surface area (Å²) in [6.07, 6.45) is -6.63. The SMILES string of the molecule is O=C(O)CC(OC(=O)CC(CC(=O)O)(OP(=O)(O)O)C(=O)O)C(=O)O. The number of carbonyl (C=O) groups is 5. The summed E-state index contributed by atoms with van der Waals surface area (Å²) in [7, 11) is -5.59. The second-order valence-corrected chi connectivity index (χ2v) is 5.71. The number of ether oxygens (including phenoxy) is 1. The summed E-state index contributed by atoms with van der Waals surface area (Å²) in [5.74, 6) is -9.50. The minimum atomic E-state index is -5.59. The molecule has 0 heterocycles. The highest BCUT2D eigenvalue weighted by Gasteiger charge is 2.50. The molecule has 142 valence electrons. The third-order valence-electron chi connectivity index (χ3n) is 2.46. The number of aliphatic carboxylic acids is 4. The lowest BCUT2D eigenvalue weighted by molar-refractivity contribution is -0.176. The molecule has 14 nitrogen and oxygen atoms in total. The van der Waals surface area contributed by atoms with Crippen molar-refractivity contribution >= 4 is 37.7 Å². The van der Waals surface area contributed by atoms with Gasteiger partial charge in [-0.15, -0.1) is 0 Å². The van der Waals surface area contributed by atoms with Crippen LogP contribution in [0, 0.1) is 0 Å². The first kappa shape index (κ1) is 22.5. The quantitative estimate of drug-likeness (QED) is 0.170. The second kappa shape index (κ2) is 8.53. The van der Waals surface area contributed by atoms with Gasteiger partial charge in [0.2, 0.25) is 6.10 Å². The van der Waals surface area contributed by atoms with Crippen molar-refractivity contribution in [2.24, 2.45) is 0 Å². The van der Waals surface area contributed by atoms with E-state index < -0.39 is 68.6 Å². The number of hydrogen-bond acceptors (Lipinski definition) is 8. The van der Waals surface area contributed by atoms with Crippen LogP contribution in [-0.4, -0.2) is 71.8 Å². The number of phosphoric ester groups is 1. The van der Waals surface area contributed by atoms with E-state index in [4.69, 9.17) is 30.2 Å². The van der Waals surface area contributed by atoms with E-state index in [9.17, 15) is 28.5 Å². The molecular weight excluding hydrogens is 375 g/mol. The van der Waals surface area contributed by atoms with Crippen LogP contribution in [0.15, 0.2) is 0 Å². The third-order valence-corrected chi connectivity index (χ3v) is 3.05. The number of carboxylic acid groups (broad SMARTS) is 4. The van der Waals surface area contributed by atoms with Gasteiger partial charge in [-0.05, 0) is 0 Å². The summed E-state index contributed by atoms with van der Waals surface area (Å²) < 4.78 is 19.0. The van der Waals surface area contributed by atoms with Gasteiger partial charge in [-0.25, -0.2) is 14.2 Å². The topological polar surface area (TPSA) is 242 Å². The summed E-state index contributed by atoms with van der Waals surface area (Å²) in [4.78, 5) is 72.3. The molecule has 0 bridgehead atoms. The molecule has 6 N–H and O–H groups in total. The van der Waals surface area contributed by atoms with E-state index in [0.717, 1.165) is 0 Å². The summed E-state index contributed by atoms with van der Waals surface area (Å²) >= 11 is 0. The predicted molar refractivity (Wildman–Crippen MR) is 70.1 cm³/mol. The van der Waals surface area contributed by atoms with Crippen molar-refractivity contribution in [3.63, 3.8) is 0 Å². The maximum absolute atomic E-state index is 11.7. The van der Waals surface area contributed by atoms with Crippen molar-refractivity contribution in [1.29, 1.82) is 0 Å². The van der Waals surface area contributed by atoms with Crippen molar-refractivity contribution < 1.29 is 68.0 Å². The Hall–Kier alpha value is -2.54. The van der Waals surface area contributed by atoms with Crippen LogP contribution in [0.1, 0.15) is 19.3 Å². The summed E-state index contributed by atoms with van der Waals surface area (Å²) in [5, 5.41) is 34.9. The van der Waals surface area contributed by atoms with Gasteiger partial charge in [-0.3, -0.25) is 18.9 Å². The van der Waals surface area contributed by atoms with Crippen molar-refractivity contribution in [2.75, 3.05) is 0 Å². The maximum Gasteiger partial charge on any atom is 0.470 e. The molecule has 0 aromatic rings. The molecular formula is C10H13O14P. The zero-order valence-corrected chi connectivity index (χ0v) is 13.0. The lowest BCUT2D eigenvalue weighted by Crippen LogP contribution is -2.46. The molecule has 25 heavy (non-hydrogen) atoms. The Bertz CT molecular complexity index is 619. The molecule has 0 spiro atoms. The first-order valence-corrected chi connectivity index (χ1v) is 7.57. The Labute approximate surface area is 137 Å². The van der Waals surface area contributed by atoms with Gasteiger partial charge < -0.3 is 34.9 Å². The third kappa shape index (κ3) is 8.21. The molecule has 0 aliphatic rings. The lowest BCUT2D eigenvalue weighted by Gasteiger charge is -2.27. The van der Waals surface area contributed by atoms with E-state index in [0.29, 0.717) is 0 Å². The van der Waals surface area contributed by atoms with Crippen molar-refractivity contribution in [3.8, 4) is 0 Å². The van der Waals surface area contributed by atoms with E-state index in [1.54, 1.807) is 0 Å². The van der Waals surface area contributed by atoms with Gasteiger partial charge in [-0.1, -0.05) is 0 Å². The molecule has 0 radical (unpaired) electrons. The van der Waals surface area contributed by atoms with Gasteiger partial charge in [0, 0.05) is 0 Å². The zero-order chi connectivity index (χ0) is 20.0. The molecule has 0 fully saturated rings. The van der Waals surface area contributed by atoms with Crippen LogP contribution in [0.4, 0.5) is 0 Å². The Kier molecular flexibility index (Phi) is 7.66. The number of phosphoric acid groups is 1. The Morgan fingerprint density at radius 1 is 0.920 bits per heavy atom. The molecule has 0 rings (SSSR count). The summed E-state index contributed by atoms with van der Waals surface area (Å²) in [5.41, 5.74) is -3.27. The molecule has 0 aromatic carbocycles. The van der Waals surface area contributed by atoms with Crippen LogP contribution in [-0.2, 0) is 37.8 Å². The average molecular weight is 388 g/mol. The van der Waals surface area contributed by atoms with E-state index in [1.807, 2.05) is 0 Å². The highest BCUT2D eigenvalue weighted by molar-refractivity contribution is 7.46. The lowest BCUT2D eigenvalue weighted by atomic mass is 9.96. The Morgan fingerprint density at radius 2 is 1.44 bits per heavy atom. The molecule has 2 atom stereocenters. The first-order chi connectivity index (χ1) is 11.2. The molecule has 0 amide bonds. The van der Waals surface area contributed by atoms with Gasteiger partial charge in [0.1, 0.15) is 0 Å². The number of carboxylic acids is 4. The van der Waals surface area contributed by atoms with Crippen LogP contribution in [0.2, 0.25) is 0 Å². The van der Waals surface area contributed by atoms with Gasteiger partial charge in [0.15, 0.2) is 5.60 Å². The van der Waals surface area contributed by atoms with Gasteiger partial charge >= 0.3 is 37.7 Å². The average Bonchev–Trinajstić information content (AvgIpc) is 2.33. The molecule has 0 saturated carbocycles. The number of rotatable bonds is 11. The smallest absolute Gasteiger partial charge is 0.470 e. The number of esters is 1. The highest BCUT2D eigenvalue weighted by atomic mass is 31.2. The Balaban J connectivity index is 5.54. The van der Waals surface area contributed by atoms with Crippen molar-refractivity contribution in [3.05, 3.63) is 0 Å². The van der Waals surface area contributed by atoms with Crippen LogP contribution >= 0.6 is 7.82 Å². The fourth-order valence-corrected chi connectivity index (χ4v) is 2.22. The molecule has 0 aromatic heterocycles. The van der Waals surface area contributed by atoms with Crippen LogP contribution < -0.4 is 0 Å². The fraction of sp³-hybridized carbons (Fsp3) is 0.500. The van der Waals surface area contributed by atoms with E-state index >= 15 is 0 Å². The van der Waals surface area contributed by atoms with Crippen LogP contribution in [0.3, 0.4) is 0 Å². The van der Waals surface area contributed by atoms with Crippen molar-refractivity contribution in [2.45, 2.75) is 31.0 Å². The Morgan fingerprint density at radius 3 is 1.76 bits per heavy atom. The number of hydrogen-bond donors (Lipinski definition) is 6. The molecule has 0 saturated heterocycles. The van der Waals surface area contributed by atoms with E-state index in [1.165, 1.54) is 0 Å². The fourth-order valence-electron chi connectivity index (χ4n) is 1.56. The minimum Gasteiger partial charge on any atom is -0.481 e. The van der Waals surface area contributed by atoms with E-state index in [2.05, 4.69) is 9.26 Å². The normalized spacial score (nSPS) is 14.8. The van der Waals surface area contributed by atoms with Crippen LogP contribution in [0.5, 0.6) is 0 Å². The standard InChI is InChI=1S/C10H13O14P/c11-5(12)1-4(8(16)17)23-7(15)3-10(9(18)19,2-6(13)14)24-25(20,21)22/h4H,1-3H2,(H,11,12)(H,13,14)(H,16,17)(H,18,19)(H2,20,21,22).